The Morgan fingerprint density at radius 3 is 2.47 bits per heavy atom. The number of nitrogens with zero attached hydrogens (tertiary/aromatic N) is 2. The van der Waals surface area contributed by atoms with Crippen LogP contribution in [0, 0.1) is 25.2 Å². The molecule has 1 rings (SSSR count). The molecule has 3 nitrogen and oxygen atoms in total. The van der Waals surface area contributed by atoms with E-state index in [2.05, 4.69) is 0 Å². The molecule has 0 saturated heterocycles. The molecule has 0 spiro atoms. The Labute approximate surface area is 102 Å². The Bertz CT molecular complexity index is 507. The van der Waals surface area contributed by atoms with Crippen LogP contribution < -0.4 is 0 Å². The molecule has 0 aliphatic heterocycles. The predicted octanol–water partition coefficient (Wildman–Crippen LogP) is 2.30. The van der Waals surface area contributed by atoms with Gasteiger partial charge in [0, 0.05) is 14.1 Å². The first-order valence-electron chi connectivity index (χ1n) is 5.36. The van der Waals surface area contributed by atoms with Crippen molar-refractivity contribution >= 4 is 12.0 Å². The number of amides is 1. The highest BCUT2D eigenvalue weighted by Crippen LogP contribution is 2.14. The molecular weight excluding hydrogens is 212 g/mol. The molecule has 0 atom stereocenters. The second kappa shape index (κ2) is 5.31. The third-order valence-electron chi connectivity index (χ3n) is 2.48. The van der Waals surface area contributed by atoms with E-state index in [4.69, 9.17) is 5.26 Å². The standard InChI is InChI=1S/C14H16N2O/c1-10-5-6-12(11(2)7-10)8-13(9-15)14(17)16(3)4/h5-8H,1-4H3/b13-8+. The lowest BCUT2D eigenvalue weighted by atomic mass is 10.0. The maximum absolute atomic E-state index is 11.7. The van der Waals surface area contributed by atoms with Gasteiger partial charge in [-0.2, -0.15) is 5.26 Å². The molecule has 0 heterocycles. The van der Waals surface area contributed by atoms with Crippen LogP contribution in [0.25, 0.3) is 6.08 Å². The van der Waals surface area contributed by atoms with Crippen LogP contribution >= 0.6 is 0 Å². The summed E-state index contributed by atoms with van der Waals surface area (Å²) in [6.07, 6.45) is 1.64. The minimum absolute atomic E-state index is 0.155. The van der Waals surface area contributed by atoms with Crippen molar-refractivity contribution in [3.05, 3.63) is 40.5 Å². The number of aryl methyl sites for hydroxylation is 2. The highest BCUT2D eigenvalue weighted by atomic mass is 16.2. The van der Waals surface area contributed by atoms with E-state index >= 15 is 0 Å². The van der Waals surface area contributed by atoms with Crippen molar-refractivity contribution < 1.29 is 4.79 Å². The third-order valence-corrected chi connectivity index (χ3v) is 2.48. The summed E-state index contributed by atoms with van der Waals surface area (Å²) in [4.78, 5) is 13.1. The van der Waals surface area contributed by atoms with E-state index in [1.165, 1.54) is 4.90 Å². The van der Waals surface area contributed by atoms with Crippen LogP contribution in [0.3, 0.4) is 0 Å². The Kier molecular flexibility index (Phi) is 4.06. The second-order valence-electron chi connectivity index (χ2n) is 4.23. The van der Waals surface area contributed by atoms with Crippen LogP contribution in [-0.4, -0.2) is 24.9 Å². The lowest BCUT2D eigenvalue weighted by Crippen LogP contribution is -2.22. The number of benzene rings is 1. The van der Waals surface area contributed by atoms with Gasteiger partial charge in [0.15, 0.2) is 0 Å². The fraction of sp³-hybridized carbons (Fsp3) is 0.286. The summed E-state index contributed by atoms with van der Waals surface area (Å²) in [7, 11) is 3.27. The van der Waals surface area contributed by atoms with Gasteiger partial charge >= 0.3 is 0 Å². The van der Waals surface area contributed by atoms with Gasteiger partial charge in [-0.25, -0.2) is 0 Å². The number of carbonyl (C=O) groups excluding carboxylic acids is 1. The van der Waals surface area contributed by atoms with E-state index < -0.39 is 0 Å². The summed E-state index contributed by atoms with van der Waals surface area (Å²) >= 11 is 0. The monoisotopic (exact) mass is 228 g/mol. The van der Waals surface area contributed by atoms with Crippen LogP contribution in [0.15, 0.2) is 23.8 Å². The largest absolute Gasteiger partial charge is 0.344 e. The first-order chi connectivity index (χ1) is 7.95. The third kappa shape index (κ3) is 3.18. The smallest absolute Gasteiger partial charge is 0.264 e. The molecule has 3 heteroatoms. The summed E-state index contributed by atoms with van der Waals surface area (Å²) < 4.78 is 0. The number of carbonyl (C=O) groups is 1. The molecule has 0 unspecified atom stereocenters. The average Bonchev–Trinajstić information content (AvgIpc) is 2.27. The summed E-state index contributed by atoms with van der Waals surface area (Å²) in [5.74, 6) is -0.271. The predicted molar refractivity (Wildman–Crippen MR) is 68.2 cm³/mol. The fourth-order valence-corrected chi connectivity index (χ4v) is 1.53. The molecule has 0 aromatic heterocycles. The summed E-state index contributed by atoms with van der Waals surface area (Å²) in [5.41, 5.74) is 3.28. The molecule has 0 bridgehead atoms. The zero-order valence-electron chi connectivity index (χ0n) is 10.6. The van der Waals surface area contributed by atoms with Crippen molar-refractivity contribution in [1.82, 2.24) is 4.90 Å². The van der Waals surface area contributed by atoms with E-state index in [9.17, 15) is 4.79 Å². The van der Waals surface area contributed by atoms with Crippen LogP contribution in [0.1, 0.15) is 16.7 Å². The Morgan fingerprint density at radius 2 is 2.00 bits per heavy atom. The van der Waals surface area contributed by atoms with Gasteiger partial charge in [-0.1, -0.05) is 23.8 Å². The highest BCUT2D eigenvalue weighted by molar-refractivity contribution is 6.01. The number of rotatable bonds is 2. The quantitative estimate of drug-likeness (QED) is 0.576. The Morgan fingerprint density at radius 1 is 1.35 bits per heavy atom. The average molecular weight is 228 g/mol. The van der Waals surface area contributed by atoms with Crippen LogP contribution in [0.5, 0.6) is 0 Å². The minimum atomic E-state index is -0.271. The SMILES string of the molecule is Cc1ccc(/C=C(\C#N)C(=O)N(C)C)c(C)c1. The van der Waals surface area contributed by atoms with Crippen LogP contribution in [0.2, 0.25) is 0 Å². The van der Waals surface area contributed by atoms with Gasteiger partial charge in [-0.15, -0.1) is 0 Å². The first-order valence-corrected chi connectivity index (χ1v) is 5.36. The molecule has 0 saturated carbocycles. The van der Waals surface area contributed by atoms with Crippen molar-refractivity contribution in [1.29, 1.82) is 5.26 Å². The van der Waals surface area contributed by atoms with Crippen molar-refractivity contribution in [2.45, 2.75) is 13.8 Å². The van der Waals surface area contributed by atoms with Gasteiger partial charge in [0.05, 0.1) is 0 Å². The van der Waals surface area contributed by atoms with E-state index in [0.717, 1.165) is 16.7 Å². The summed E-state index contributed by atoms with van der Waals surface area (Å²) in [6.45, 7) is 3.98. The van der Waals surface area contributed by atoms with E-state index in [-0.39, 0.29) is 11.5 Å². The van der Waals surface area contributed by atoms with Gasteiger partial charge < -0.3 is 4.90 Å². The number of likely N-dealkylation sites (N-methyl/N-ethyl adjacent to an activating group) is 1. The van der Waals surface area contributed by atoms with Gasteiger partial charge in [-0.3, -0.25) is 4.79 Å². The van der Waals surface area contributed by atoms with E-state index in [0.29, 0.717) is 0 Å². The molecule has 1 aromatic rings. The van der Waals surface area contributed by atoms with Crippen molar-refractivity contribution in [2.75, 3.05) is 14.1 Å². The first kappa shape index (κ1) is 13.0. The molecule has 1 aromatic carbocycles. The molecule has 0 aliphatic carbocycles. The zero-order chi connectivity index (χ0) is 13.0. The summed E-state index contributed by atoms with van der Waals surface area (Å²) in [6, 6.07) is 7.86. The lowest BCUT2D eigenvalue weighted by Gasteiger charge is -2.09. The zero-order valence-corrected chi connectivity index (χ0v) is 10.6. The number of nitriles is 1. The Balaban J connectivity index is 3.17. The molecule has 88 valence electrons. The van der Waals surface area contributed by atoms with Crippen molar-refractivity contribution in [3.8, 4) is 6.07 Å². The maximum atomic E-state index is 11.7. The molecule has 0 N–H and O–H groups in total. The molecule has 0 fully saturated rings. The fourth-order valence-electron chi connectivity index (χ4n) is 1.53. The van der Waals surface area contributed by atoms with E-state index in [1.54, 1.807) is 20.2 Å². The lowest BCUT2D eigenvalue weighted by molar-refractivity contribution is -0.124. The Hall–Kier alpha value is -2.08. The number of hydrogen-bond acceptors (Lipinski definition) is 2. The van der Waals surface area contributed by atoms with Gasteiger partial charge in [-0.05, 0) is 31.1 Å². The summed E-state index contributed by atoms with van der Waals surface area (Å²) in [5, 5.41) is 8.99. The molecule has 17 heavy (non-hydrogen) atoms. The van der Waals surface area contributed by atoms with Crippen molar-refractivity contribution in [2.24, 2.45) is 0 Å². The topological polar surface area (TPSA) is 44.1 Å². The van der Waals surface area contributed by atoms with Crippen molar-refractivity contribution in [3.63, 3.8) is 0 Å². The van der Waals surface area contributed by atoms with Gasteiger partial charge in [0.2, 0.25) is 0 Å². The van der Waals surface area contributed by atoms with Crippen LogP contribution in [-0.2, 0) is 4.79 Å². The van der Waals surface area contributed by atoms with Crippen LogP contribution in [0.4, 0.5) is 0 Å². The maximum Gasteiger partial charge on any atom is 0.264 e. The molecule has 0 aliphatic rings. The molecule has 0 radical (unpaired) electrons. The minimum Gasteiger partial charge on any atom is -0.344 e. The second-order valence-corrected chi connectivity index (χ2v) is 4.23. The molecular formula is C14H16N2O. The van der Waals surface area contributed by atoms with Gasteiger partial charge in [0.1, 0.15) is 11.6 Å². The highest BCUT2D eigenvalue weighted by Gasteiger charge is 2.11. The number of hydrogen-bond donors (Lipinski definition) is 0. The van der Waals surface area contributed by atoms with E-state index in [1.807, 2.05) is 38.1 Å². The van der Waals surface area contributed by atoms with Gasteiger partial charge in [0.25, 0.3) is 5.91 Å². The molecule has 1 amide bonds. The normalized spacial score (nSPS) is 10.9.